The zero-order valence-electron chi connectivity index (χ0n) is 19.3. The normalized spacial score (nSPS) is 20.5. The standard InChI is InChI=1S/C10H13N5O4.C5H5N5O.C4H5N3O/c11-8-5-9(13-2-12-8)15(3-14-5)10-7(18)6(17)4(1-16)19-10;6-5-9-3-2(4(11)10-5)7-1-8-3;5-3-1-2-6-4(8)7-3/h2-4,6-7,10,16-18H,1H2,(H2,11,12,13);1H,(H4,6,7,8,9,10,11);1-2H,(H3,5,6,7,8)/t4-,6-,7-,10-;;/m1../s1. The Morgan fingerprint density at radius 3 is 2.47 bits per heavy atom. The summed E-state index contributed by atoms with van der Waals surface area (Å²) < 4.78 is 6.85. The van der Waals surface area contributed by atoms with Gasteiger partial charge in [0, 0.05) is 6.20 Å². The second-order valence-corrected chi connectivity index (χ2v) is 7.69. The Kier molecular flexibility index (Phi) is 7.53. The monoisotopic (exact) mass is 529 g/mol. The number of fused-ring (bicyclic) bond motifs is 2. The summed E-state index contributed by atoms with van der Waals surface area (Å²) in [5, 5.41) is 28.7. The van der Waals surface area contributed by atoms with Gasteiger partial charge in [-0.25, -0.2) is 29.7 Å². The molecule has 1 fully saturated rings. The molecule has 0 aliphatic carbocycles. The number of aromatic amines is 3. The molecule has 0 saturated carbocycles. The van der Waals surface area contributed by atoms with Gasteiger partial charge in [0.15, 0.2) is 28.9 Å². The Labute approximate surface area is 210 Å². The zero-order valence-corrected chi connectivity index (χ0v) is 19.3. The lowest BCUT2D eigenvalue weighted by atomic mass is 10.1. The van der Waals surface area contributed by atoms with Gasteiger partial charge in [-0.15, -0.1) is 0 Å². The number of nitrogen functional groups attached to an aromatic ring is 3. The summed E-state index contributed by atoms with van der Waals surface area (Å²) in [6.07, 6.45) is 1.33. The Morgan fingerprint density at radius 2 is 1.82 bits per heavy atom. The maximum Gasteiger partial charge on any atom is 0.346 e. The number of aromatic nitrogens is 10. The molecular formula is C19H23N13O6. The summed E-state index contributed by atoms with van der Waals surface area (Å²) >= 11 is 0. The van der Waals surface area contributed by atoms with E-state index in [0.29, 0.717) is 28.1 Å². The average Bonchev–Trinajstić information content (AvgIpc) is 3.59. The SMILES string of the molecule is Nc1ccnc(=O)[nH]1.Nc1nc2nc[nH]c2c(=O)[nH]1.Nc1ncnc2c1ncn2[C@@H]1O[C@H](CO)[C@@H](O)[C@H]1O. The van der Waals surface area contributed by atoms with E-state index in [0.717, 1.165) is 0 Å². The predicted molar refractivity (Wildman–Crippen MR) is 131 cm³/mol. The van der Waals surface area contributed by atoms with Crippen molar-refractivity contribution in [1.29, 1.82) is 0 Å². The molecule has 12 N–H and O–H groups in total. The molecule has 6 rings (SSSR count). The van der Waals surface area contributed by atoms with Gasteiger partial charge in [-0.05, 0) is 6.07 Å². The van der Waals surface area contributed by atoms with Crippen LogP contribution in [0.3, 0.4) is 0 Å². The second kappa shape index (κ2) is 11.0. The fourth-order valence-electron chi connectivity index (χ4n) is 3.41. The fourth-order valence-corrected chi connectivity index (χ4v) is 3.41. The highest BCUT2D eigenvalue weighted by Gasteiger charge is 2.43. The van der Waals surface area contributed by atoms with Crippen LogP contribution in [-0.4, -0.2) is 89.7 Å². The third kappa shape index (κ3) is 5.39. The van der Waals surface area contributed by atoms with Crippen LogP contribution in [0.15, 0.2) is 40.8 Å². The molecule has 1 aliphatic heterocycles. The summed E-state index contributed by atoms with van der Waals surface area (Å²) in [7, 11) is 0. The molecule has 0 amide bonds. The number of hydrogen-bond acceptors (Lipinski definition) is 15. The molecule has 0 radical (unpaired) electrons. The van der Waals surface area contributed by atoms with Gasteiger partial charge in [0.1, 0.15) is 36.0 Å². The van der Waals surface area contributed by atoms with Crippen molar-refractivity contribution >= 4 is 39.9 Å². The van der Waals surface area contributed by atoms with Crippen LogP contribution in [0.5, 0.6) is 0 Å². The van der Waals surface area contributed by atoms with Gasteiger partial charge in [-0.2, -0.15) is 4.98 Å². The minimum atomic E-state index is -1.19. The van der Waals surface area contributed by atoms with Crippen molar-refractivity contribution in [2.45, 2.75) is 24.5 Å². The van der Waals surface area contributed by atoms with Crippen molar-refractivity contribution in [2.24, 2.45) is 0 Å². The fraction of sp³-hybridized carbons (Fsp3) is 0.263. The van der Waals surface area contributed by atoms with E-state index in [1.807, 2.05) is 0 Å². The average molecular weight is 529 g/mol. The molecule has 0 aromatic carbocycles. The maximum absolute atomic E-state index is 11.0. The van der Waals surface area contributed by atoms with Crippen molar-refractivity contribution in [3.05, 3.63) is 52.1 Å². The Balaban J connectivity index is 0.000000149. The van der Waals surface area contributed by atoms with Crippen LogP contribution < -0.4 is 28.5 Å². The molecule has 19 heteroatoms. The molecule has 0 bridgehead atoms. The number of ether oxygens (including phenoxy) is 1. The van der Waals surface area contributed by atoms with Crippen molar-refractivity contribution in [1.82, 2.24) is 49.4 Å². The number of nitrogens with one attached hydrogen (secondary N) is 3. The van der Waals surface area contributed by atoms with E-state index in [1.54, 1.807) is 0 Å². The van der Waals surface area contributed by atoms with E-state index in [4.69, 9.17) is 27.0 Å². The molecule has 0 unspecified atom stereocenters. The Morgan fingerprint density at radius 1 is 1.03 bits per heavy atom. The molecule has 4 atom stereocenters. The third-order valence-corrected chi connectivity index (χ3v) is 5.19. The van der Waals surface area contributed by atoms with E-state index in [2.05, 4.69) is 44.9 Å². The number of anilines is 3. The largest absolute Gasteiger partial charge is 0.394 e. The molecule has 19 nitrogen and oxygen atoms in total. The van der Waals surface area contributed by atoms with Crippen LogP contribution in [0.2, 0.25) is 0 Å². The molecule has 38 heavy (non-hydrogen) atoms. The van der Waals surface area contributed by atoms with Crippen molar-refractivity contribution in [2.75, 3.05) is 23.8 Å². The summed E-state index contributed by atoms with van der Waals surface area (Å²) in [5.74, 6) is 0.634. The highest BCUT2D eigenvalue weighted by molar-refractivity contribution is 5.81. The van der Waals surface area contributed by atoms with Crippen molar-refractivity contribution in [3.8, 4) is 0 Å². The van der Waals surface area contributed by atoms with Crippen molar-refractivity contribution < 1.29 is 20.1 Å². The molecule has 1 aliphatic rings. The predicted octanol–water partition coefficient (Wildman–Crippen LogP) is -3.40. The molecular weight excluding hydrogens is 506 g/mol. The quantitative estimate of drug-likeness (QED) is 0.108. The zero-order chi connectivity index (χ0) is 27.4. The molecule has 5 aromatic rings. The first-order valence-corrected chi connectivity index (χ1v) is 10.7. The number of rotatable bonds is 2. The third-order valence-electron chi connectivity index (χ3n) is 5.19. The van der Waals surface area contributed by atoms with Gasteiger partial charge >= 0.3 is 5.69 Å². The number of H-pyrrole nitrogens is 3. The topological polar surface area (TPSA) is 312 Å². The lowest BCUT2D eigenvalue weighted by Gasteiger charge is -2.16. The van der Waals surface area contributed by atoms with E-state index in [1.165, 1.54) is 35.8 Å². The minimum Gasteiger partial charge on any atom is -0.394 e. The Bertz CT molecular complexity index is 1650. The maximum atomic E-state index is 11.0. The highest BCUT2D eigenvalue weighted by Crippen LogP contribution is 2.31. The molecule has 6 heterocycles. The van der Waals surface area contributed by atoms with E-state index >= 15 is 0 Å². The molecule has 1 saturated heterocycles. The van der Waals surface area contributed by atoms with Gasteiger partial charge in [0.2, 0.25) is 5.95 Å². The highest BCUT2D eigenvalue weighted by atomic mass is 16.6. The summed E-state index contributed by atoms with van der Waals surface area (Å²) in [5.41, 5.74) is 16.8. The van der Waals surface area contributed by atoms with Gasteiger partial charge in [0.05, 0.1) is 19.3 Å². The van der Waals surface area contributed by atoms with Gasteiger partial charge in [-0.1, -0.05) is 0 Å². The molecule has 0 spiro atoms. The number of nitrogens with two attached hydrogens (primary N) is 3. The minimum absolute atomic E-state index is 0.0783. The van der Waals surface area contributed by atoms with Gasteiger partial charge in [-0.3, -0.25) is 19.3 Å². The number of aliphatic hydroxyl groups is 3. The lowest BCUT2D eigenvalue weighted by Crippen LogP contribution is -2.33. The second-order valence-electron chi connectivity index (χ2n) is 7.69. The Hall–Kier alpha value is -4.98. The van der Waals surface area contributed by atoms with Crippen LogP contribution >= 0.6 is 0 Å². The summed E-state index contributed by atoms with van der Waals surface area (Å²) in [6.45, 7) is -0.390. The van der Waals surface area contributed by atoms with E-state index in [9.17, 15) is 19.8 Å². The van der Waals surface area contributed by atoms with E-state index < -0.39 is 36.8 Å². The first-order valence-electron chi connectivity index (χ1n) is 10.7. The number of nitrogens with zero attached hydrogens (tertiary/aromatic N) is 7. The smallest absolute Gasteiger partial charge is 0.346 e. The number of imidazole rings is 2. The number of hydrogen-bond donors (Lipinski definition) is 9. The molecule has 200 valence electrons. The van der Waals surface area contributed by atoms with Crippen LogP contribution in [0.4, 0.5) is 17.6 Å². The van der Waals surface area contributed by atoms with E-state index in [-0.39, 0.29) is 17.3 Å². The first-order chi connectivity index (χ1) is 18.2. The van der Waals surface area contributed by atoms with Gasteiger partial charge < -0.3 is 42.2 Å². The summed E-state index contributed by atoms with van der Waals surface area (Å²) in [4.78, 5) is 51.3. The van der Waals surface area contributed by atoms with Crippen LogP contribution in [-0.2, 0) is 4.74 Å². The number of aliphatic hydroxyl groups excluding tert-OH is 3. The lowest BCUT2D eigenvalue weighted by molar-refractivity contribution is -0.0511. The first kappa shape index (κ1) is 26.1. The summed E-state index contributed by atoms with van der Waals surface area (Å²) in [6, 6.07) is 1.52. The van der Waals surface area contributed by atoms with Crippen LogP contribution in [0, 0.1) is 0 Å². The molecule has 5 aromatic heterocycles. The van der Waals surface area contributed by atoms with Crippen LogP contribution in [0.1, 0.15) is 6.23 Å². The van der Waals surface area contributed by atoms with Crippen molar-refractivity contribution in [3.63, 3.8) is 0 Å². The van der Waals surface area contributed by atoms with Crippen LogP contribution in [0.25, 0.3) is 22.3 Å². The van der Waals surface area contributed by atoms with Gasteiger partial charge in [0.25, 0.3) is 5.56 Å².